The Morgan fingerprint density at radius 1 is 0.472 bits per heavy atom. The summed E-state index contributed by atoms with van der Waals surface area (Å²) in [4.78, 5) is 23.7. The number of nitrogens with one attached hydrogen (secondary N) is 1. The van der Waals surface area contributed by atoms with Crippen LogP contribution in [0.4, 0.5) is 0 Å². The molecule has 0 aliphatic rings. The van der Waals surface area contributed by atoms with Gasteiger partial charge in [0.15, 0.2) is 0 Å². The number of carbonyl (C=O) groups is 2. The van der Waals surface area contributed by atoms with E-state index >= 15 is 0 Å². The highest BCUT2D eigenvalue weighted by Crippen LogP contribution is 2.13. The largest absolute Gasteiger partial charge is 0.464 e. The second-order valence-electron chi connectivity index (χ2n) is 10.8. The van der Waals surface area contributed by atoms with Crippen molar-refractivity contribution in [2.75, 3.05) is 13.2 Å². The Hall–Kier alpha value is -1.06. The standard InChI is InChI=1S/C32H63NO3/c1-3-5-7-9-11-13-15-16-18-19-21-23-25-27-31(34)33-29-30-36-32(35)28-26-24-22-20-17-14-12-10-8-6-4-2/h3-30H2,1-2H3,(H,33,34). The number of esters is 1. The summed E-state index contributed by atoms with van der Waals surface area (Å²) in [5.74, 6) is -0.0452. The zero-order valence-corrected chi connectivity index (χ0v) is 24.5. The summed E-state index contributed by atoms with van der Waals surface area (Å²) in [6.07, 6.45) is 32.3. The van der Waals surface area contributed by atoms with Crippen LogP contribution in [0, 0.1) is 0 Å². The van der Waals surface area contributed by atoms with Crippen molar-refractivity contribution in [3.63, 3.8) is 0 Å². The summed E-state index contributed by atoms with van der Waals surface area (Å²) in [5.41, 5.74) is 0. The second-order valence-corrected chi connectivity index (χ2v) is 10.8. The van der Waals surface area contributed by atoms with E-state index in [1.807, 2.05) is 0 Å². The number of unbranched alkanes of at least 4 members (excludes halogenated alkanes) is 22. The fourth-order valence-corrected chi connectivity index (χ4v) is 4.75. The van der Waals surface area contributed by atoms with Crippen molar-refractivity contribution >= 4 is 11.9 Å². The molecule has 0 rings (SSSR count). The van der Waals surface area contributed by atoms with E-state index in [1.54, 1.807) is 0 Å². The molecule has 4 nitrogen and oxygen atoms in total. The monoisotopic (exact) mass is 509 g/mol. The molecule has 4 heteroatoms. The van der Waals surface area contributed by atoms with Crippen molar-refractivity contribution in [2.45, 2.75) is 181 Å². The minimum absolute atomic E-state index is 0.0829. The van der Waals surface area contributed by atoms with Crippen LogP contribution in [0.2, 0.25) is 0 Å². The fourth-order valence-electron chi connectivity index (χ4n) is 4.75. The van der Waals surface area contributed by atoms with Crippen molar-refractivity contribution in [1.29, 1.82) is 0 Å². The Balaban J connectivity index is 3.27. The lowest BCUT2D eigenvalue weighted by atomic mass is 10.0. The Morgan fingerprint density at radius 2 is 0.806 bits per heavy atom. The van der Waals surface area contributed by atoms with Crippen LogP contribution in [0.5, 0.6) is 0 Å². The second kappa shape index (κ2) is 30.2. The Morgan fingerprint density at radius 3 is 1.19 bits per heavy atom. The average Bonchev–Trinajstić information content (AvgIpc) is 2.88. The zero-order chi connectivity index (χ0) is 26.4. The van der Waals surface area contributed by atoms with E-state index in [0.717, 1.165) is 25.7 Å². The minimum Gasteiger partial charge on any atom is -0.464 e. The van der Waals surface area contributed by atoms with Crippen LogP contribution in [-0.4, -0.2) is 25.0 Å². The molecule has 0 bridgehead atoms. The SMILES string of the molecule is CCCCCCCCCCCCCCCC(=O)NCCOC(=O)CCCCCCCCCCCCC. The first-order valence-corrected chi connectivity index (χ1v) is 16.1. The predicted molar refractivity (Wildman–Crippen MR) is 155 cm³/mol. The quantitative estimate of drug-likeness (QED) is 0.0806. The van der Waals surface area contributed by atoms with Gasteiger partial charge in [-0.15, -0.1) is 0 Å². The van der Waals surface area contributed by atoms with E-state index in [9.17, 15) is 9.59 Å². The van der Waals surface area contributed by atoms with Crippen molar-refractivity contribution in [1.82, 2.24) is 5.32 Å². The van der Waals surface area contributed by atoms with Gasteiger partial charge >= 0.3 is 5.97 Å². The third-order valence-corrected chi connectivity index (χ3v) is 7.18. The summed E-state index contributed by atoms with van der Waals surface area (Å²) < 4.78 is 5.25. The van der Waals surface area contributed by atoms with Gasteiger partial charge in [-0.05, 0) is 12.8 Å². The number of rotatable bonds is 29. The average molecular weight is 510 g/mol. The van der Waals surface area contributed by atoms with E-state index in [-0.39, 0.29) is 11.9 Å². The summed E-state index contributed by atoms with van der Waals surface area (Å²) in [5, 5.41) is 2.88. The molecular weight excluding hydrogens is 446 g/mol. The van der Waals surface area contributed by atoms with Crippen LogP contribution >= 0.6 is 0 Å². The summed E-state index contributed by atoms with van der Waals surface area (Å²) in [6.45, 7) is 5.25. The maximum atomic E-state index is 11.9. The van der Waals surface area contributed by atoms with Crippen LogP contribution < -0.4 is 5.32 Å². The van der Waals surface area contributed by atoms with Crippen molar-refractivity contribution in [2.24, 2.45) is 0 Å². The van der Waals surface area contributed by atoms with Gasteiger partial charge in [-0.1, -0.05) is 155 Å². The van der Waals surface area contributed by atoms with Gasteiger partial charge in [-0.25, -0.2) is 0 Å². The molecule has 0 saturated carbocycles. The molecule has 0 atom stereocenters. The third kappa shape index (κ3) is 29.2. The topological polar surface area (TPSA) is 55.4 Å². The fraction of sp³-hybridized carbons (Fsp3) is 0.938. The smallest absolute Gasteiger partial charge is 0.305 e. The van der Waals surface area contributed by atoms with E-state index in [4.69, 9.17) is 4.74 Å². The number of hydrogen-bond acceptors (Lipinski definition) is 3. The molecule has 0 spiro atoms. The molecule has 0 aromatic carbocycles. The maximum absolute atomic E-state index is 11.9. The van der Waals surface area contributed by atoms with Gasteiger partial charge in [0, 0.05) is 12.8 Å². The predicted octanol–water partition coefficient (Wildman–Crippen LogP) is 9.83. The molecule has 0 aliphatic carbocycles. The van der Waals surface area contributed by atoms with Crippen LogP contribution in [0.1, 0.15) is 181 Å². The molecule has 0 aromatic heterocycles. The molecule has 0 unspecified atom stereocenters. The third-order valence-electron chi connectivity index (χ3n) is 7.18. The molecule has 214 valence electrons. The highest BCUT2D eigenvalue weighted by Gasteiger charge is 2.04. The summed E-state index contributed by atoms with van der Waals surface area (Å²) in [7, 11) is 0. The number of ether oxygens (including phenoxy) is 1. The molecule has 1 amide bonds. The molecule has 0 radical (unpaired) electrons. The van der Waals surface area contributed by atoms with Gasteiger partial charge in [-0.3, -0.25) is 9.59 Å². The number of hydrogen-bond donors (Lipinski definition) is 1. The van der Waals surface area contributed by atoms with Crippen LogP contribution in [0.15, 0.2) is 0 Å². The Kier molecular flexibility index (Phi) is 29.3. The van der Waals surface area contributed by atoms with Crippen molar-refractivity contribution < 1.29 is 14.3 Å². The van der Waals surface area contributed by atoms with Crippen molar-refractivity contribution in [3.05, 3.63) is 0 Å². The lowest BCUT2D eigenvalue weighted by Gasteiger charge is -2.07. The molecule has 36 heavy (non-hydrogen) atoms. The van der Waals surface area contributed by atoms with Gasteiger partial charge in [0.2, 0.25) is 5.91 Å². The molecule has 0 heterocycles. The molecule has 0 aliphatic heterocycles. The highest BCUT2D eigenvalue weighted by atomic mass is 16.5. The highest BCUT2D eigenvalue weighted by molar-refractivity contribution is 5.75. The van der Waals surface area contributed by atoms with Crippen LogP contribution in [0.25, 0.3) is 0 Å². The molecule has 0 fully saturated rings. The van der Waals surface area contributed by atoms with Gasteiger partial charge < -0.3 is 10.1 Å². The molecule has 0 aromatic rings. The Labute approximate surface area is 225 Å². The maximum Gasteiger partial charge on any atom is 0.305 e. The van der Waals surface area contributed by atoms with Crippen LogP contribution in [0.3, 0.4) is 0 Å². The number of amides is 1. The Bertz CT molecular complexity index is 466. The number of carbonyl (C=O) groups excluding carboxylic acids is 2. The van der Waals surface area contributed by atoms with E-state index < -0.39 is 0 Å². The molecule has 0 saturated heterocycles. The van der Waals surface area contributed by atoms with E-state index in [1.165, 1.54) is 128 Å². The van der Waals surface area contributed by atoms with Gasteiger partial charge in [0.05, 0.1) is 6.54 Å². The van der Waals surface area contributed by atoms with Gasteiger partial charge in [-0.2, -0.15) is 0 Å². The first kappa shape index (κ1) is 34.9. The molecular formula is C32H63NO3. The zero-order valence-electron chi connectivity index (χ0n) is 24.5. The van der Waals surface area contributed by atoms with Gasteiger partial charge in [0.1, 0.15) is 6.61 Å². The first-order valence-electron chi connectivity index (χ1n) is 16.1. The lowest BCUT2D eigenvalue weighted by Crippen LogP contribution is -2.27. The van der Waals surface area contributed by atoms with Crippen LogP contribution in [-0.2, 0) is 14.3 Å². The lowest BCUT2D eigenvalue weighted by molar-refractivity contribution is -0.144. The van der Waals surface area contributed by atoms with Crippen molar-refractivity contribution in [3.8, 4) is 0 Å². The summed E-state index contributed by atoms with van der Waals surface area (Å²) >= 11 is 0. The van der Waals surface area contributed by atoms with E-state index in [2.05, 4.69) is 19.2 Å². The van der Waals surface area contributed by atoms with E-state index in [0.29, 0.717) is 26.0 Å². The normalized spacial score (nSPS) is 11.1. The first-order chi connectivity index (χ1) is 17.7. The molecule has 1 N–H and O–H groups in total. The van der Waals surface area contributed by atoms with Gasteiger partial charge in [0.25, 0.3) is 0 Å². The minimum atomic E-state index is -0.128. The summed E-state index contributed by atoms with van der Waals surface area (Å²) in [6, 6.07) is 0.